The number of nitrogens with one attached hydrogen (secondary N) is 2. The first-order valence-corrected chi connectivity index (χ1v) is 6.71. The molecule has 5 nitrogen and oxygen atoms in total. The zero-order valence-electron chi connectivity index (χ0n) is 11.6. The summed E-state index contributed by atoms with van der Waals surface area (Å²) in [5.41, 5.74) is 2.70. The van der Waals surface area contributed by atoms with E-state index in [0.29, 0.717) is 11.7 Å². The molecule has 1 amide bonds. The number of carbonyl (C=O) groups is 1. The number of rotatable bonds is 2. The highest BCUT2D eigenvalue weighted by Crippen LogP contribution is 2.18. The van der Waals surface area contributed by atoms with Crippen LogP contribution in [0, 0.1) is 0 Å². The number of hydrogen-bond donors (Lipinski definition) is 2. The van der Waals surface area contributed by atoms with E-state index in [4.69, 9.17) is 0 Å². The van der Waals surface area contributed by atoms with Crippen LogP contribution in [0.2, 0.25) is 0 Å². The Kier molecular flexibility index (Phi) is 2.86. The van der Waals surface area contributed by atoms with Crippen molar-refractivity contribution >= 4 is 16.9 Å². The number of hydrogen-bond acceptors (Lipinski definition) is 2. The SMILES string of the molecule is CC1C(NC(=O)c2cc3c(ccn3C)[nH]2)CCN1C. The molecule has 2 aromatic rings. The quantitative estimate of drug-likeness (QED) is 0.856. The molecule has 1 aliphatic rings. The van der Waals surface area contributed by atoms with Gasteiger partial charge in [0.1, 0.15) is 5.69 Å². The van der Waals surface area contributed by atoms with E-state index in [2.05, 4.69) is 29.2 Å². The van der Waals surface area contributed by atoms with Crippen LogP contribution in [-0.2, 0) is 7.05 Å². The smallest absolute Gasteiger partial charge is 0.268 e. The van der Waals surface area contributed by atoms with E-state index in [1.807, 2.05) is 29.9 Å². The molecule has 0 aliphatic carbocycles. The molecule has 0 radical (unpaired) electrons. The Labute approximate surface area is 112 Å². The number of fused-ring (bicyclic) bond motifs is 1. The molecule has 1 aliphatic heterocycles. The lowest BCUT2D eigenvalue weighted by atomic mass is 10.1. The molecule has 2 atom stereocenters. The van der Waals surface area contributed by atoms with Crippen molar-refractivity contribution in [2.24, 2.45) is 7.05 Å². The molecule has 1 fully saturated rings. The van der Waals surface area contributed by atoms with Gasteiger partial charge in [-0.1, -0.05) is 0 Å². The molecule has 0 aromatic carbocycles. The third-order valence-corrected chi connectivity index (χ3v) is 4.30. The standard InChI is InChI=1S/C14H20N4O/c1-9-10(4-6-17(9)2)16-14(19)12-8-13-11(15-12)5-7-18(13)3/h5,7-10,15H,4,6H2,1-3H3,(H,16,19). The van der Waals surface area contributed by atoms with Gasteiger partial charge in [0.2, 0.25) is 0 Å². The average molecular weight is 260 g/mol. The molecule has 102 valence electrons. The third kappa shape index (κ3) is 2.04. The number of amides is 1. The van der Waals surface area contributed by atoms with E-state index in [1.165, 1.54) is 0 Å². The Bertz CT molecular complexity index is 612. The minimum absolute atomic E-state index is 0.0108. The second-order valence-corrected chi connectivity index (χ2v) is 5.50. The summed E-state index contributed by atoms with van der Waals surface area (Å²) in [5.74, 6) is -0.0108. The molecule has 1 saturated heterocycles. The van der Waals surface area contributed by atoms with Gasteiger partial charge in [-0.25, -0.2) is 0 Å². The number of aromatic nitrogens is 2. The Morgan fingerprint density at radius 1 is 1.47 bits per heavy atom. The van der Waals surface area contributed by atoms with Crippen LogP contribution in [0.3, 0.4) is 0 Å². The number of aryl methyl sites for hydroxylation is 1. The number of likely N-dealkylation sites (N-methyl/N-ethyl adjacent to an activating group) is 1. The fourth-order valence-corrected chi connectivity index (χ4v) is 2.80. The number of nitrogens with zero attached hydrogens (tertiary/aromatic N) is 2. The molecule has 3 heterocycles. The molecular weight excluding hydrogens is 240 g/mol. The van der Waals surface area contributed by atoms with Crippen molar-refractivity contribution in [1.82, 2.24) is 19.8 Å². The van der Waals surface area contributed by atoms with Crippen LogP contribution in [0.25, 0.3) is 11.0 Å². The van der Waals surface area contributed by atoms with Crippen molar-refractivity contribution < 1.29 is 4.79 Å². The average Bonchev–Trinajstić information content (AvgIpc) is 3.03. The highest BCUT2D eigenvalue weighted by atomic mass is 16.2. The summed E-state index contributed by atoms with van der Waals surface area (Å²) in [6.07, 6.45) is 3.00. The minimum Gasteiger partial charge on any atom is -0.349 e. The molecule has 2 unspecified atom stereocenters. The first-order chi connectivity index (χ1) is 9.06. The lowest BCUT2D eigenvalue weighted by Crippen LogP contribution is -2.42. The minimum atomic E-state index is -0.0108. The maximum atomic E-state index is 12.3. The molecule has 2 aromatic heterocycles. The highest BCUT2D eigenvalue weighted by Gasteiger charge is 2.29. The van der Waals surface area contributed by atoms with Crippen molar-refractivity contribution in [3.05, 3.63) is 24.0 Å². The lowest BCUT2D eigenvalue weighted by molar-refractivity contribution is 0.0925. The first-order valence-electron chi connectivity index (χ1n) is 6.71. The van der Waals surface area contributed by atoms with Crippen molar-refractivity contribution in [2.45, 2.75) is 25.4 Å². The van der Waals surface area contributed by atoms with Gasteiger partial charge >= 0.3 is 0 Å². The van der Waals surface area contributed by atoms with Gasteiger partial charge < -0.3 is 19.8 Å². The molecule has 0 saturated carbocycles. The summed E-state index contributed by atoms with van der Waals surface area (Å²) < 4.78 is 2.01. The maximum absolute atomic E-state index is 12.3. The van der Waals surface area contributed by atoms with E-state index < -0.39 is 0 Å². The predicted molar refractivity (Wildman–Crippen MR) is 75.2 cm³/mol. The highest BCUT2D eigenvalue weighted by molar-refractivity contribution is 5.97. The molecule has 5 heteroatoms. The Hall–Kier alpha value is -1.75. The second kappa shape index (κ2) is 4.42. The predicted octanol–water partition coefficient (Wildman–Crippen LogP) is 1.33. The van der Waals surface area contributed by atoms with E-state index in [1.54, 1.807) is 0 Å². The van der Waals surface area contributed by atoms with Crippen LogP contribution >= 0.6 is 0 Å². The van der Waals surface area contributed by atoms with Crippen molar-refractivity contribution in [1.29, 1.82) is 0 Å². The molecule has 19 heavy (non-hydrogen) atoms. The number of aromatic amines is 1. The van der Waals surface area contributed by atoms with Gasteiger partial charge in [-0.05, 0) is 32.5 Å². The fourth-order valence-electron chi connectivity index (χ4n) is 2.80. The zero-order valence-corrected chi connectivity index (χ0v) is 11.6. The van der Waals surface area contributed by atoms with E-state index in [0.717, 1.165) is 24.0 Å². The van der Waals surface area contributed by atoms with Gasteiger partial charge in [0, 0.05) is 31.9 Å². The largest absolute Gasteiger partial charge is 0.349 e. The van der Waals surface area contributed by atoms with Gasteiger partial charge in [0.15, 0.2) is 0 Å². The van der Waals surface area contributed by atoms with Gasteiger partial charge in [-0.3, -0.25) is 4.79 Å². The van der Waals surface area contributed by atoms with Gasteiger partial charge in [0.05, 0.1) is 11.0 Å². The Morgan fingerprint density at radius 3 is 2.89 bits per heavy atom. The van der Waals surface area contributed by atoms with Crippen molar-refractivity contribution in [3.8, 4) is 0 Å². The summed E-state index contributed by atoms with van der Waals surface area (Å²) in [6, 6.07) is 4.53. The normalized spacial score (nSPS) is 24.2. The Balaban J connectivity index is 1.76. The lowest BCUT2D eigenvalue weighted by Gasteiger charge is -2.21. The monoisotopic (exact) mass is 260 g/mol. The summed E-state index contributed by atoms with van der Waals surface area (Å²) in [4.78, 5) is 17.7. The van der Waals surface area contributed by atoms with E-state index in [9.17, 15) is 4.79 Å². The van der Waals surface area contributed by atoms with Crippen molar-refractivity contribution in [2.75, 3.05) is 13.6 Å². The third-order valence-electron chi connectivity index (χ3n) is 4.30. The maximum Gasteiger partial charge on any atom is 0.268 e. The van der Waals surface area contributed by atoms with Crippen molar-refractivity contribution in [3.63, 3.8) is 0 Å². The van der Waals surface area contributed by atoms with Crippen LogP contribution in [0.4, 0.5) is 0 Å². The summed E-state index contributed by atoms with van der Waals surface area (Å²) in [6.45, 7) is 3.20. The number of carbonyl (C=O) groups excluding carboxylic acids is 1. The number of H-pyrrole nitrogens is 1. The van der Waals surface area contributed by atoms with Crippen LogP contribution in [0.15, 0.2) is 18.3 Å². The topological polar surface area (TPSA) is 53.1 Å². The van der Waals surface area contributed by atoms with Crippen LogP contribution in [0.1, 0.15) is 23.8 Å². The van der Waals surface area contributed by atoms with Crippen LogP contribution in [-0.4, -0.2) is 46.0 Å². The van der Waals surface area contributed by atoms with Gasteiger partial charge in [0.25, 0.3) is 5.91 Å². The molecule has 0 bridgehead atoms. The Morgan fingerprint density at radius 2 is 2.26 bits per heavy atom. The van der Waals surface area contributed by atoms with Gasteiger partial charge in [-0.2, -0.15) is 0 Å². The van der Waals surface area contributed by atoms with E-state index >= 15 is 0 Å². The summed E-state index contributed by atoms with van der Waals surface area (Å²) in [7, 11) is 4.08. The van der Waals surface area contributed by atoms with Crippen LogP contribution < -0.4 is 5.32 Å². The first kappa shape index (κ1) is 12.3. The molecule has 2 N–H and O–H groups in total. The zero-order chi connectivity index (χ0) is 13.6. The van der Waals surface area contributed by atoms with Gasteiger partial charge in [-0.15, -0.1) is 0 Å². The summed E-state index contributed by atoms with van der Waals surface area (Å²) >= 11 is 0. The fraction of sp³-hybridized carbons (Fsp3) is 0.500. The van der Waals surface area contributed by atoms with Crippen LogP contribution in [0.5, 0.6) is 0 Å². The van der Waals surface area contributed by atoms with E-state index in [-0.39, 0.29) is 11.9 Å². The second-order valence-electron chi connectivity index (χ2n) is 5.50. The molecule has 3 rings (SSSR count). The molecule has 0 spiro atoms. The molecular formula is C14H20N4O. The number of likely N-dealkylation sites (tertiary alicyclic amines) is 1. The summed E-state index contributed by atoms with van der Waals surface area (Å²) in [5, 5.41) is 3.12.